The van der Waals surface area contributed by atoms with Gasteiger partial charge in [0, 0.05) is 15.5 Å². The predicted octanol–water partition coefficient (Wildman–Crippen LogP) is 3.30. The van der Waals surface area contributed by atoms with E-state index in [0.717, 1.165) is 10.4 Å². The number of hydrogen-bond acceptors (Lipinski definition) is 3. The molecule has 1 aromatic carbocycles. The summed E-state index contributed by atoms with van der Waals surface area (Å²) in [5.41, 5.74) is 6.63. The molecule has 21 heavy (non-hydrogen) atoms. The van der Waals surface area contributed by atoms with Gasteiger partial charge in [-0.15, -0.1) is 11.3 Å². The molecule has 0 bridgehead atoms. The van der Waals surface area contributed by atoms with Gasteiger partial charge in [-0.2, -0.15) is 0 Å². The smallest absolute Gasteiger partial charge is 0.253 e. The maximum atomic E-state index is 12.1. The molecular weight excluding hydrogens is 327 g/mol. The van der Waals surface area contributed by atoms with Crippen LogP contribution >= 0.6 is 34.5 Å². The maximum absolute atomic E-state index is 12.1. The normalized spacial score (nSPS) is 9.86. The van der Waals surface area contributed by atoms with Crippen LogP contribution in [0.5, 0.6) is 0 Å². The number of amides is 1. The van der Waals surface area contributed by atoms with Crippen LogP contribution in [0, 0.1) is 11.8 Å². The lowest BCUT2D eigenvalue weighted by Crippen LogP contribution is -2.23. The zero-order valence-corrected chi connectivity index (χ0v) is 13.3. The first-order chi connectivity index (χ1) is 10.1. The molecule has 0 radical (unpaired) electrons. The summed E-state index contributed by atoms with van der Waals surface area (Å²) in [7, 11) is 0. The third-order valence-corrected chi connectivity index (χ3v) is 4.12. The Morgan fingerprint density at radius 2 is 2.14 bits per heavy atom. The van der Waals surface area contributed by atoms with Gasteiger partial charge >= 0.3 is 0 Å². The summed E-state index contributed by atoms with van der Waals surface area (Å²) < 4.78 is 0. The van der Waals surface area contributed by atoms with Crippen LogP contribution < -0.4 is 11.1 Å². The van der Waals surface area contributed by atoms with Gasteiger partial charge in [-0.3, -0.25) is 4.79 Å². The molecule has 0 atom stereocenters. The van der Waals surface area contributed by atoms with Crippen molar-refractivity contribution >= 4 is 40.4 Å². The summed E-state index contributed by atoms with van der Waals surface area (Å²) in [5, 5.41) is 5.57. The molecule has 3 N–H and O–H groups in total. The van der Waals surface area contributed by atoms with E-state index in [1.807, 2.05) is 11.4 Å². The van der Waals surface area contributed by atoms with Crippen LogP contribution in [0.15, 0.2) is 29.6 Å². The molecule has 0 unspecified atom stereocenters. The molecular formula is C15H12Cl2N2OS. The van der Waals surface area contributed by atoms with Crippen LogP contribution in [0.25, 0.3) is 0 Å². The standard InChI is InChI=1S/C15H12Cl2N2OS/c16-11-3-4-12(13(17)8-11)15(20)19-9-14-10(2-1-6-18)5-7-21-14/h3-5,7-8H,6,9,18H2,(H,19,20). The van der Waals surface area contributed by atoms with Crippen LogP contribution in [0.3, 0.4) is 0 Å². The average Bonchev–Trinajstić information content (AvgIpc) is 2.90. The van der Waals surface area contributed by atoms with Crippen LogP contribution in [-0.4, -0.2) is 12.5 Å². The van der Waals surface area contributed by atoms with E-state index in [9.17, 15) is 4.79 Å². The minimum Gasteiger partial charge on any atom is -0.347 e. The monoisotopic (exact) mass is 338 g/mol. The second-order valence-corrected chi connectivity index (χ2v) is 5.91. The summed E-state index contributed by atoms with van der Waals surface area (Å²) in [6.45, 7) is 0.700. The number of nitrogens with two attached hydrogens (primary N) is 1. The largest absolute Gasteiger partial charge is 0.347 e. The van der Waals surface area contributed by atoms with Gasteiger partial charge in [0.05, 0.1) is 23.7 Å². The van der Waals surface area contributed by atoms with Gasteiger partial charge in [-0.1, -0.05) is 35.0 Å². The lowest BCUT2D eigenvalue weighted by molar-refractivity contribution is 0.0951. The third-order valence-electron chi connectivity index (χ3n) is 2.66. The Hall–Kier alpha value is -1.51. The topological polar surface area (TPSA) is 55.1 Å². The second-order valence-electron chi connectivity index (χ2n) is 4.07. The molecule has 0 spiro atoms. The van der Waals surface area contributed by atoms with Crippen molar-refractivity contribution in [2.75, 3.05) is 6.54 Å². The van der Waals surface area contributed by atoms with Gasteiger partial charge in [0.25, 0.3) is 5.91 Å². The lowest BCUT2D eigenvalue weighted by atomic mass is 10.2. The van der Waals surface area contributed by atoms with Gasteiger partial charge in [-0.25, -0.2) is 0 Å². The Labute approximate surface area is 137 Å². The van der Waals surface area contributed by atoms with Gasteiger partial charge in [0.15, 0.2) is 0 Å². The van der Waals surface area contributed by atoms with Crippen LogP contribution in [-0.2, 0) is 6.54 Å². The average molecular weight is 339 g/mol. The van der Waals surface area contributed by atoms with Crippen molar-refractivity contribution in [2.45, 2.75) is 6.54 Å². The van der Waals surface area contributed by atoms with E-state index in [1.165, 1.54) is 11.3 Å². The van der Waals surface area contributed by atoms with E-state index in [2.05, 4.69) is 17.2 Å². The van der Waals surface area contributed by atoms with Crippen molar-refractivity contribution in [3.8, 4) is 11.8 Å². The van der Waals surface area contributed by atoms with Gasteiger partial charge in [-0.05, 0) is 29.6 Å². The van der Waals surface area contributed by atoms with E-state index in [1.54, 1.807) is 18.2 Å². The van der Waals surface area contributed by atoms with Crippen molar-refractivity contribution in [1.82, 2.24) is 5.32 Å². The fraction of sp³-hybridized carbons (Fsp3) is 0.133. The number of hydrogen-bond donors (Lipinski definition) is 2. The molecule has 6 heteroatoms. The maximum Gasteiger partial charge on any atom is 0.253 e. The first-order valence-electron chi connectivity index (χ1n) is 6.10. The number of nitrogens with one attached hydrogen (secondary N) is 1. The highest BCUT2D eigenvalue weighted by atomic mass is 35.5. The Morgan fingerprint density at radius 1 is 1.33 bits per heavy atom. The number of carbonyl (C=O) groups excluding carboxylic acids is 1. The van der Waals surface area contributed by atoms with Crippen molar-refractivity contribution in [1.29, 1.82) is 0 Å². The van der Waals surface area contributed by atoms with E-state index in [-0.39, 0.29) is 5.91 Å². The molecule has 1 amide bonds. The summed E-state index contributed by atoms with van der Waals surface area (Å²) in [6, 6.07) is 6.68. The molecule has 0 aliphatic carbocycles. The summed E-state index contributed by atoms with van der Waals surface area (Å²) >= 11 is 13.3. The van der Waals surface area contributed by atoms with Crippen LogP contribution in [0.4, 0.5) is 0 Å². The number of thiophene rings is 1. The Balaban J connectivity index is 2.06. The minimum absolute atomic E-state index is 0.247. The van der Waals surface area contributed by atoms with E-state index >= 15 is 0 Å². The predicted molar refractivity (Wildman–Crippen MR) is 87.9 cm³/mol. The summed E-state index contributed by atoms with van der Waals surface area (Å²) in [6.07, 6.45) is 0. The first kappa shape index (κ1) is 15.9. The van der Waals surface area contributed by atoms with Crippen molar-refractivity contribution < 1.29 is 4.79 Å². The Kier molecular flexibility index (Phi) is 5.66. The minimum atomic E-state index is -0.247. The van der Waals surface area contributed by atoms with Crippen LogP contribution in [0.1, 0.15) is 20.8 Å². The molecule has 0 fully saturated rings. The molecule has 0 saturated carbocycles. The Morgan fingerprint density at radius 3 is 2.86 bits per heavy atom. The van der Waals surface area contributed by atoms with Crippen molar-refractivity contribution in [2.24, 2.45) is 5.73 Å². The first-order valence-corrected chi connectivity index (χ1v) is 7.74. The zero-order valence-electron chi connectivity index (χ0n) is 11.0. The summed E-state index contributed by atoms with van der Waals surface area (Å²) in [5.74, 6) is 5.53. The van der Waals surface area contributed by atoms with Crippen molar-refractivity contribution in [3.63, 3.8) is 0 Å². The molecule has 108 valence electrons. The van der Waals surface area contributed by atoms with Gasteiger partial charge in [0.2, 0.25) is 0 Å². The molecule has 0 aliphatic rings. The van der Waals surface area contributed by atoms with Crippen molar-refractivity contribution in [3.05, 3.63) is 55.7 Å². The molecule has 2 rings (SSSR count). The highest BCUT2D eigenvalue weighted by molar-refractivity contribution is 7.10. The van der Waals surface area contributed by atoms with Gasteiger partial charge in [0.1, 0.15) is 0 Å². The zero-order chi connectivity index (χ0) is 15.2. The number of halogens is 2. The number of benzene rings is 1. The quantitative estimate of drug-likeness (QED) is 0.843. The highest BCUT2D eigenvalue weighted by Crippen LogP contribution is 2.21. The van der Waals surface area contributed by atoms with E-state index in [0.29, 0.717) is 28.7 Å². The highest BCUT2D eigenvalue weighted by Gasteiger charge is 2.11. The van der Waals surface area contributed by atoms with E-state index in [4.69, 9.17) is 28.9 Å². The summed E-state index contributed by atoms with van der Waals surface area (Å²) in [4.78, 5) is 13.1. The molecule has 1 heterocycles. The molecule has 1 aromatic heterocycles. The molecule has 2 aromatic rings. The number of rotatable bonds is 3. The second kappa shape index (κ2) is 7.48. The third kappa shape index (κ3) is 4.23. The Bertz CT molecular complexity index is 716. The van der Waals surface area contributed by atoms with Crippen LogP contribution in [0.2, 0.25) is 10.0 Å². The number of carbonyl (C=O) groups is 1. The van der Waals surface area contributed by atoms with E-state index < -0.39 is 0 Å². The molecule has 0 saturated heterocycles. The fourth-order valence-corrected chi connectivity index (χ4v) is 2.93. The SMILES string of the molecule is NCC#Cc1ccsc1CNC(=O)c1ccc(Cl)cc1Cl. The fourth-order valence-electron chi connectivity index (χ4n) is 1.66. The molecule has 0 aliphatic heterocycles. The lowest BCUT2D eigenvalue weighted by Gasteiger charge is -2.06. The molecule has 3 nitrogen and oxygen atoms in total. The van der Waals surface area contributed by atoms with Gasteiger partial charge < -0.3 is 11.1 Å².